The summed E-state index contributed by atoms with van der Waals surface area (Å²) in [5.74, 6) is 0.767. The summed E-state index contributed by atoms with van der Waals surface area (Å²) >= 11 is 0. The summed E-state index contributed by atoms with van der Waals surface area (Å²) in [7, 11) is 0. The molecular formula is C39H44N10O2+2. The molecule has 0 fully saturated rings. The van der Waals surface area contributed by atoms with Gasteiger partial charge in [-0.05, 0) is 84.3 Å². The van der Waals surface area contributed by atoms with E-state index in [9.17, 15) is 10.2 Å². The van der Waals surface area contributed by atoms with Crippen LogP contribution < -0.4 is 19.4 Å². The number of pyridine rings is 2. The predicted molar refractivity (Wildman–Crippen MR) is 198 cm³/mol. The molecule has 0 amide bonds. The Kier molecular flexibility index (Phi) is 12.4. The first-order valence-corrected chi connectivity index (χ1v) is 17.2. The SMILES string of the molecule is OCCCN(CCO)c1ccc(N=Nc2cccc[n+]2CCn2ccn2CC[n+]2cccc(N=Nc3ccc(Nc4ccccc4)cc3)c2)cc1. The molecule has 0 radical (unpaired) electrons. The topological polar surface area (TPSA) is 123 Å². The van der Waals surface area contributed by atoms with Gasteiger partial charge in [-0.2, -0.15) is 5.11 Å². The summed E-state index contributed by atoms with van der Waals surface area (Å²) in [6, 6.07) is 35.6. The van der Waals surface area contributed by atoms with Gasteiger partial charge in [-0.25, -0.2) is 9.13 Å². The number of azo groups is 2. The van der Waals surface area contributed by atoms with Crippen LogP contribution in [0.5, 0.6) is 0 Å². The number of hydrogen-bond acceptors (Lipinski definition) is 8. The molecule has 0 aliphatic rings. The molecule has 0 spiro atoms. The molecule has 6 rings (SSSR count). The summed E-state index contributed by atoms with van der Waals surface area (Å²) in [5.41, 5.74) is 5.34. The maximum Gasteiger partial charge on any atom is 0.350 e. The van der Waals surface area contributed by atoms with Crippen LogP contribution in [0.3, 0.4) is 0 Å². The van der Waals surface area contributed by atoms with Gasteiger partial charge in [0.1, 0.15) is 17.9 Å². The van der Waals surface area contributed by atoms with E-state index in [1.54, 1.807) is 0 Å². The monoisotopic (exact) mass is 684 g/mol. The summed E-state index contributed by atoms with van der Waals surface area (Å²) in [4.78, 5) is 2.05. The number of rotatable bonds is 18. The standard InChI is InChI=1S/C39H44N10O2/c50-30-7-22-46(29-31-51)38-18-16-36(17-19-38)42-44-39-11-4-5-21-47(39)24-26-49-28-27-48(49)25-23-45-20-6-10-37(32-45)43-41-35-14-12-34(13-15-35)40-33-8-2-1-3-9-33/h1-6,8-21,27-28,32,40,50-51H,7,22-26,29-31H2/q+2. The van der Waals surface area contributed by atoms with Crippen molar-refractivity contribution in [3.63, 3.8) is 0 Å². The molecule has 0 atom stereocenters. The zero-order valence-electron chi connectivity index (χ0n) is 28.6. The summed E-state index contributed by atoms with van der Waals surface area (Å²) in [5, 5.41) is 39.9. The maximum absolute atomic E-state index is 9.41. The molecule has 3 N–H and O–H groups in total. The zero-order chi connectivity index (χ0) is 35.1. The zero-order valence-corrected chi connectivity index (χ0v) is 28.6. The first-order valence-electron chi connectivity index (χ1n) is 17.2. The van der Waals surface area contributed by atoms with Gasteiger partial charge in [0.25, 0.3) is 0 Å². The normalized spacial score (nSPS) is 11.5. The highest BCUT2D eigenvalue weighted by molar-refractivity contribution is 5.61. The summed E-state index contributed by atoms with van der Waals surface area (Å²) < 4.78 is 8.63. The Balaban J connectivity index is 0.995. The number of aliphatic hydroxyl groups is 2. The van der Waals surface area contributed by atoms with Crippen LogP contribution in [0.2, 0.25) is 0 Å². The van der Waals surface area contributed by atoms with Gasteiger partial charge in [0.15, 0.2) is 18.9 Å². The van der Waals surface area contributed by atoms with Crippen LogP contribution in [0.1, 0.15) is 6.42 Å². The van der Waals surface area contributed by atoms with Crippen LogP contribution in [0.25, 0.3) is 0 Å². The Hall–Kier alpha value is -5.98. The van der Waals surface area contributed by atoms with Crippen molar-refractivity contribution in [3.05, 3.63) is 140 Å². The average molecular weight is 685 g/mol. The lowest BCUT2D eigenvalue weighted by atomic mass is 10.2. The van der Waals surface area contributed by atoms with Gasteiger partial charge < -0.3 is 20.4 Å². The molecular weight excluding hydrogens is 640 g/mol. The summed E-state index contributed by atoms with van der Waals surface area (Å²) in [6.07, 6.45) is 10.9. The van der Waals surface area contributed by atoms with Crippen molar-refractivity contribution in [1.29, 1.82) is 0 Å². The minimum Gasteiger partial charge on any atom is -0.396 e. The van der Waals surface area contributed by atoms with Gasteiger partial charge in [-0.1, -0.05) is 24.3 Å². The average Bonchev–Trinajstić information content (AvgIpc) is 3.16. The second-order valence-electron chi connectivity index (χ2n) is 11.9. The van der Waals surface area contributed by atoms with Gasteiger partial charge in [0.2, 0.25) is 0 Å². The lowest BCUT2D eigenvalue weighted by Crippen LogP contribution is -2.39. The van der Waals surface area contributed by atoms with Gasteiger partial charge in [0, 0.05) is 61.3 Å². The van der Waals surface area contributed by atoms with Gasteiger partial charge in [-0.15, -0.1) is 5.11 Å². The molecule has 0 aliphatic heterocycles. The van der Waals surface area contributed by atoms with E-state index in [0.717, 1.165) is 66.1 Å². The predicted octanol–water partition coefficient (Wildman–Crippen LogP) is 7.02. The molecule has 260 valence electrons. The van der Waals surface area contributed by atoms with E-state index in [1.165, 1.54) is 0 Å². The van der Waals surface area contributed by atoms with Crippen LogP contribution >= 0.6 is 0 Å². The van der Waals surface area contributed by atoms with Crippen LogP contribution in [-0.4, -0.2) is 45.9 Å². The Morgan fingerprint density at radius 3 is 1.98 bits per heavy atom. The Morgan fingerprint density at radius 1 is 0.588 bits per heavy atom. The van der Waals surface area contributed by atoms with Gasteiger partial charge >= 0.3 is 5.82 Å². The van der Waals surface area contributed by atoms with E-state index >= 15 is 0 Å². The van der Waals surface area contributed by atoms with E-state index in [1.807, 2.05) is 133 Å². The fourth-order valence-corrected chi connectivity index (χ4v) is 5.55. The lowest BCUT2D eigenvalue weighted by Gasteiger charge is -2.23. The molecule has 0 saturated carbocycles. The number of benzene rings is 3. The smallest absolute Gasteiger partial charge is 0.350 e. The van der Waals surface area contributed by atoms with Crippen LogP contribution in [0, 0.1) is 0 Å². The van der Waals surface area contributed by atoms with Crippen molar-refractivity contribution in [2.24, 2.45) is 20.5 Å². The van der Waals surface area contributed by atoms with Crippen LogP contribution in [-0.2, 0) is 26.2 Å². The number of aryl methyl sites for hydroxylation is 4. The van der Waals surface area contributed by atoms with E-state index in [-0.39, 0.29) is 13.2 Å². The molecule has 12 heteroatoms. The quantitative estimate of drug-likeness (QED) is 0.0665. The van der Waals surface area contributed by atoms with Crippen molar-refractivity contribution in [2.45, 2.75) is 32.6 Å². The van der Waals surface area contributed by atoms with Gasteiger partial charge in [0.05, 0.1) is 36.7 Å². The Bertz CT molecular complexity index is 1990. The number of para-hydroxylation sites is 1. The number of nitrogens with one attached hydrogen (secondary N) is 1. The molecule has 0 unspecified atom stereocenters. The maximum atomic E-state index is 9.41. The van der Waals surface area contributed by atoms with Crippen molar-refractivity contribution < 1.29 is 19.3 Å². The third-order valence-electron chi connectivity index (χ3n) is 8.31. The first-order chi connectivity index (χ1) is 25.2. The molecule has 3 aromatic carbocycles. The highest BCUT2D eigenvalue weighted by atomic mass is 16.3. The number of aliphatic hydroxyl groups excluding tert-OH is 2. The fraction of sp³-hybridized carbons (Fsp3) is 0.231. The Labute approximate surface area is 297 Å². The molecule has 0 aliphatic carbocycles. The highest BCUT2D eigenvalue weighted by Crippen LogP contribution is 2.23. The number of hydrogen-bond donors (Lipinski definition) is 3. The molecule has 0 saturated heterocycles. The fourth-order valence-electron chi connectivity index (χ4n) is 5.55. The van der Waals surface area contributed by atoms with E-state index in [4.69, 9.17) is 0 Å². The lowest BCUT2D eigenvalue weighted by molar-refractivity contribution is -0.698. The van der Waals surface area contributed by atoms with Crippen LogP contribution in [0.4, 0.5) is 39.9 Å². The van der Waals surface area contributed by atoms with E-state index < -0.39 is 0 Å². The van der Waals surface area contributed by atoms with E-state index in [2.05, 4.69) is 56.7 Å². The highest BCUT2D eigenvalue weighted by Gasteiger charge is 2.12. The van der Waals surface area contributed by atoms with Crippen molar-refractivity contribution in [1.82, 2.24) is 9.36 Å². The molecule has 3 aromatic heterocycles. The second kappa shape index (κ2) is 18.1. The van der Waals surface area contributed by atoms with Crippen molar-refractivity contribution in [3.8, 4) is 0 Å². The minimum absolute atomic E-state index is 0.0534. The summed E-state index contributed by atoms with van der Waals surface area (Å²) in [6.45, 7) is 4.49. The number of anilines is 3. The molecule has 51 heavy (non-hydrogen) atoms. The minimum atomic E-state index is 0.0534. The largest absolute Gasteiger partial charge is 0.396 e. The third kappa shape index (κ3) is 10.3. The second-order valence-corrected chi connectivity index (χ2v) is 11.9. The first kappa shape index (κ1) is 34.9. The number of nitrogens with zero attached hydrogens (tertiary/aromatic N) is 9. The van der Waals surface area contributed by atoms with Gasteiger partial charge in [-0.3, -0.25) is 9.36 Å². The third-order valence-corrected chi connectivity index (χ3v) is 8.31. The van der Waals surface area contributed by atoms with Crippen molar-refractivity contribution in [2.75, 3.05) is 36.5 Å². The Morgan fingerprint density at radius 2 is 1.25 bits per heavy atom. The van der Waals surface area contributed by atoms with Crippen LogP contribution in [0.15, 0.2) is 161 Å². The molecule has 12 nitrogen and oxygen atoms in total. The van der Waals surface area contributed by atoms with E-state index in [0.29, 0.717) is 19.5 Å². The number of aromatic nitrogens is 4. The molecule has 3 heterocycles. The van der Waals surface area contributed by atoms with Crippen molar-refractivity contribution >= 4 is 39.9 Å². The molecule has 6 aromatic rings. The molecule has 0 bridgehead atoms.